The number of aromatic nitrogens is 3. The van der Waals surface area contributed by atoms with Crippen LogP contribution in [0.5, 0.6) is 0 Å². The molecule has 0 N–H and O–H groups in total. The van der Waals surface area contributed by atoms with E-state index in [1.54, 1.807) is 19.9 Å². The molecule has 2 aromatic rings. The molecular formula is C11H12ClN3O2. The third kappa shape index (κ3) is 1.98. The largest absolute Gasteiger partial charge is 0.461 e. The number of fused-ring (bicyclic) bond motifs is 1. The maximum atomic E-state index is 11.8. The van der Waals surface area contributed by atoms with Crippen LogP contribution in [0.15, 0.2) is 6.07 Å². The van der Waals surface area contributed by atoms with E-state index in [1.165, 1.54) is 4.52 Å². The second-order valence-corrected chi connectivity index (χ2v) is 4.04. The van der Waals surface area contributed by atoms with Crippen LogP contribution in [0.3, 0.4) is 0 Å². The maximum Gasteiger partial charge on any atom is 0.358 e. The lowest BCUT2D eigenvalue weighted by atomic mass is 10.3. The summed E-state index contributed by atoms with van der Waals surface area (Å²) < 4.78 is 6.41. The standard InChI is InChI=1S/C11H12ClN3O2/c1-4-17-11(16)9-7(3)13-10-6(2)5-8(12)14-15(9)10/h5H,4H2,1-3H3. The first-order valence-corrected chi connectivity index (χ1v) is 5.62. The van der Waals surface area contributed by atoms with Crippen LogP contribution in [0.1, 0.15) is 28.7 Å². The molecule has 0 atom stereocenters. The molecule has 0 aliphatic carbocycles. The van der Waals surface area contributed by atoms with Crippen molar-refractivity contribution in [3.63, 3.8) is 0 Å². The average Bonchev–Trinajstić information content (AvgIpc) is 2.55. The lowest BCUT2D eigenvalue weighted by molar-refractivity contribution is 0.0516. The number of hydrogen-bond acceptors (Lipinski definition) is 4. The Balaban J connectivity index is 2.70. The lowest BCUT2D eigenvalue weighted by Gasteiger charge is -2.03. The van der Waals surface area contributed by atoms with Crippen LogP contribution in [0.4, 0.5) is 0 Å². The van der Waals surface area contributed by atoms with Crippen molar-refractivity contribution in [2.75, 3.05) is 6.61 Å². The van der Waals surface area contributed by atoms with Crippen molar-refractivity contribution in [2.24, 2.45) is 0 Å². The highest BCUT2D eigenvalue weighted by molar-refractivity contribution is 6.29. The smallest absolute Gasteiger partial charge is 0.358 e. The summed E-state index contributed by atoms with van der Waals surface area (Å²) in [7, 11) is 0. The molecule has 0 amide bonds. The number of ether oxygens (including phenoxy) is 1. The van der Waals surface area contributed by atoms with E-state index in [-0.39, 0.29) is 0 Å². The van der Waals surface area contributed by atoms with Crippen molar-refractivity contribution in [2.45, 2.75) is 20.8 Å². The Morgan fingerprint density at radius 3 is 2.88 bits per heavy atom. The highest BCUT2D eigenvalue weighted by Gasteiger charge is 2.20. The van der Waals surface area contributed by atoms with E-state index in [9.17, 15) is 4.79 Å². The van der Waals surface area contributed by atoms with Crippen molar-refractivity contribution in [3.8, 4) is 0 Å². The molecule has 17 heavy (non-hydrogen) atoms. The van der Waals surface area contributed by atoms with E-state index in [1.807, 2.05) is 6.92 Å². The van der Waals surface area contributed by atoms with E-state index in [4.69, 9.17) is 16.3 Å². The quantitative estimate of drug-likeness (QED) is 0.770. The fourth-order valence-corrected chi connectivity index (χ4v) is 1.91. The van der Waals surface area contributed by atoms with Crippen LogP contribution < -0.4 is 0 Å². The van der Waals surface area contributed by atoms with Crippen molar-refractivity contribution in [1.82, 2.24) is 14.6 Å². The molecule has 0 saturated heterocycles. The zero-order chi connectivity index (χ0) is 12.6. The molecule has 2 rings (SSSR count). The van der Waals surface area contributed by atoms with E-state index in [0.29, 0.717) is 28.8 Å². The van der Waals surface area contributed by atoms with Gasteiger partial charge in [-0.1, -0.05) is 11.6 Å². The number of nitrogens with zero attached hydrogens (tertiary/aromatic N) is 3. The van der Waals surface area contributed by atoms with Crippen LogP contribution in [-0.2, 0) is 4.74 Å². The topological polar surface area (TPSA) is 56.5 Å². The Labute approximate surface area is 103 Å². The van der Waals surface area contributed by atoms with Crippen LogP contribution in [0, 0.1) is 13.8 Å². The average molecular weight is 254 g/mol. The van der Waals surface area contributed by atoms with Crippen LogP contribution >= 0.6 is 11.6 Å². The van der Waals surface area contributed by atoms with Gasteiger partial charge in [-0.05, 0) is 32.4 Å². The van der Waals surface area contributed by atoms with E-state index >= 15 is 0 Å². The van der Waals surface area contributed by atoms with Crippen molar-refractivity contribution >= 4 is 23.2 Å². The normalized spacial score (nSPS) is 10.8. The minimum Gasteiger partial charge on any atom is -0.461 e. The molecule has 5 nitrogen and oxygen atoms in total. The van der Waals surface area contributed by atoms with Gasteiger partial charge in [0.25, 0.3) is 0 Å². The van der Waals surface area contributed by atoms with Crippen LogP contribution in [0.25, 0.3) is 5.65 Å². The number of hydrogen-bond donors (Lipinski definition) is 0. The molecule has 0 aromatic carbocycles. The van der Waals surface area contributed by atoms with Gasteiger partial charge in [0.15, 0.2) is 11.3 Å². The Kier molecular flexibility index (Phi) is 3.02. The SMILES string of the molecule is CCOC(=O)c1c(C)nc2c(C)cc(Cl)nn12. The maximum absolute atomic E-state index is 11.8. The first kappa shape index (κ1) is 11.9. The monoisotopic (exact) mass is 253 g/mol. The zero-order valence-electron chi connectivity index (χ0n) is 9.82. The summed E-state index contributed by atoms with van der Waals surface area (Å²) in [4.78, 5) is 16.1. The Bertz CT molecular complexity index is 592. The minimum absolute atomic E-state index is 0.311. The summed E-state index contributed by atoms with van der Waals surface area (Å²) in [5, 5.41) is 4.40. The van der Waals surface area contributed by atoms with Crippen molar-refractivity contribution in [1.29, 1.82) is 0 Å². The summed E-state index contributed by atoms with van der Waals surface area (Å²) in [6.45, 7) is 5.67. The van der Waals surface area contributed by atoms with Crippen LogP contribution in [-0.4, -0.2) is 27.2 Å². The molecule has 2 aromatic heterocycles. The third-order valence-electron chi connectivity index (χ3n) is 2.38. The minimum atomic E-state index is -0.438. The van der Waals surface area contributed by atoms with Gasteiger partial charge in [0.2, 0.25) is 0 Å². The van der Waals surface area contributed by atoms with Gasteiger partial charge in [0, 0.05) is 0 Å². The van der Waals surface area contributed by atoms with E-state index < -0.39 is 5.97 Å². The molecule has 0 bridgehead atoms. The molecule has 6 heteroatoms. The summed E-state index contributed by atoms with van der Waals surface area (Å²) in [6.07, 6.45) is 0. The summed E-state index contributed by atoms with van der Waals surface area (Å²) >= 11 is 5.88. The molecule has 0 aliphatic heterocycles. The third-order valence-corrected chi connectivity index (χ3v) is 2.57. The predicted molar refractivity (Wildman–Crippen MR) is 63.4 cm³/mol. The zero-order valence-corrected chi connectivity index (χ0v) is 10.6. The van der Waals surface area contributed by atoms with Gasteiger partial charge in [-0.2, -0.15) is 5.10 Å². The molecule has 90 valence electrons. The molecule has 0 unspecified atom stereocenters. The summed E-state index contributed by atoms with van der Waals surface area (Å²) in [5.41, 5.74) is 2.40. The number of imidazole rings is 1. The van der Waals surface area contributed by atoms with Gasteiger partial charge in [0.05, 0.1) is 12.3 Å². The Morgan fingerprint density at radius 1 is 1.53 bits per heavy atom. The molecular weight excluding hydrogens is 242 g/mol. The van der Waals surface area contributed by atoms with E-state index in [0.717, 1.165) is 5.56 Å². The molecule has 0 radical (unpaired) electrons. The van der Waals surface area contributed by atoms with Gasteiger partial charge in [0.1, 0.15) is 5.15 Å². The number of esters is 1. The number of carbonyl (C=O) groups excluding carboxylic acids is 1. The fourth-order valence-electron chi connectivity index (χ4n) is 1.67. The number of carbonyl (C=O) groups is 1. The van der Waals surface area contributed by atoms with Gasteiger partial charge in [-0.25, -0.2) is 14.3 Å². The molecule has 2 heterocycles. The lowest BCUT2D eigenvalue weighted by Crippen LogP contribution is -2.11. The predicted octanol–water partition coefficient (Wildman–Crippen LogP) is 2.18. The van der Waals surface area contributed by atoms with Crippen molar-refractivity contribution in [3.05, 3.63) is 28.2 Å². The van der Waals surface area contributed by atoms with Gasteiger partial charge < -0.3 is 4.74 Å². The molecule has 0 saturated carbocycles. The second kappa shape index (κ2) is 4.33. The highest BCUT2D eigenvalue weighted by atomic mass is 35.5. The van der Waals surface area contributed by atoms with Gasteiger partial charge >= 0.3 is 5.97 Å². The fraction of sp³-hybridized carbons (Fsp3) is 0.364. The molecule has 0 aliphatic rings. The Hall–Kier alpha value is -1.62. The summed E-state index contributed by atoms with van der Waals surface area (Å²) in [6, 6.07) is 1.71. The van der Waals surface area contributed by atoms with Gasteiger partial charge in [-0.15, -0.1) is 0 Å². The number of rotatable bonds is 2. The molecule has 0 spiro atoms. The van der Waals surface area contributed by atoms with Crippen molar-refractivity contribution < 1.29 is 9.53 Å². The molecule has 0 fully saturated rings. The Morgan fingerprint density at radius 2 is 2.24 bits per heavy atom. The number of halogens is 1. The first-order chi connectivity index (χ1) is 8.04. The number of aryl methyl sites for hydroxylation is 2. The van der Waals surface area contributed by atoms with Gasteiger partial charge in [-0.3, -0.25) is 0 Å². The second-order valence-electron chi connectivity index (χ2n) is 3.65. The van der Waals surface area contributed by atoms with E-state index in [2.05, 4.69) is 10.1 Å². The van der Waals surface area contributed by atoms with Crippen LogP contribution in [0.2, 0.25) is 5.15 Å². The highest BCUT2D eigenvalue weighted by Crippen LogP contribution is 2.18. The first-order valence-electron chi connectivity index (χ1n) is 5.24. The summed E-state index contributed by atoms with van der Waals surface area (Å²) in [5.74, 6) is -0.438.